The molecule has 0 spiro atoms. The number of nitrogens with zero attached hydrogens (tertiary/aromatic N) is 2. The van der Waals surface area contributed by atoms with E-state index in [0.717, 1.165) is 23.4 Å². The number of hydrogen-bond acceptors (Lipinski definition) is 5. The summed E-state index contributed by atoms with van der Waals surface area (Å²) in [5.41, 5.74) is 7.97. The maximum absolute atomic E-state index is 5.68. The first kappa shape index (κ1) is 11.1. The van der Waals surface area contributed by atoms with Crippen LogP contribution in [-0.4, -0.2) is 30.6 Å². The van der Waals surface area contributed by atoms with Gasteiger partial charge in [-0.15, -0.1) is 0 Å². The molecule has 5 heteroatoms. The molecular weight excluding hydrogens is 222 g/mol. The molecule has 0 fully saturated rings. The first-order valence-electron chi connectivity index (χ1n) is 5.07. The number of nitrogen functional groups attached to an aromatic ring is 1. The quantitative estimate of drug-likeness (QED) is 0.826. The molecule has 0 saturated carbocycles. The van der Waals surface area contributed by atoms with Crippen molar-refractivity contribution in [1.82, 2.24) is 4.98 Å². The van der Waals surface area contributed by atoms with Crippen molar-refractivity contribution >= 4 is 34.6 Å². The highest BCUT2D eigenvalue weighted by Crippen LogP contribution is 2.22. The molecule has 1 heterocycles. The number of thioether (sulfide) groups is 1. The number of nitrogens with two attached hydrogens (primary N) is 1. The van der Waals surface area contributed by atoms with Crippen LogP contribution in [0.5, 0.6) is 0 Å². The van der Waals surface area contributed by atoms with E-state index in [1.54, 1.807) is 17.8 Å². The lowest BCUT2D eigenvalue weighted by atomic mass is 10.3. The van der Waals surface area contributed by atoms with Gasteiger partial charge in [0.05, 0.1) is 0 Å². The molecule has 4 nitrogen and oxygen atoms in total. The fourth-order valence-electron chi connectivity index (χ4n) is 1.42. The largest absolute Gasteiger partial charge is 0.423 e. The summed E-state index contributed by atoms with van der Waals surface area (Å²) in [5.74, 6) is 1.05. The highest BCUT2D eigenvalue weighted by atomic mass is 32.2. The second-order valence-electron chi connectivity index (χ2n) is 3.64. The predicted molar refractivity (Wildman–Crippen MR) is 70.1 cm³/mol. The van der Waals surface area contributed by atoms with E-state index < -0.39 is 0 Å². The fourth-order valence-corrected chi connectivity index (χ4v) is 1.87. The molecule has 1 aromatic carbocycles. The molecule has 2 aromatic rings. The zero-order valence-electron chi connectivity index (χ0n) is 9.43. The zero-order valence-corrected chi connectivity index (χ0v) is 10.3. The lowest BCUT2D eigenvalue weighted by Gasteiger charge is -2.12. The highest BCUT2D eigenvalue weighted by Gasteiger charge is 2.09. The molecule has 2 rings (SSSR count). The number of fused-ring (bicyclic) bond motifs is 1. The zero-order chi connectivity index (χ0) is 11.5. The number of benzene rings is 1. The van der Waals surface area contributed by atoms with Crippen LogP contribution in [0.3, 0.4) is 0 Å². The van der Waals surface area contributed by atoms with E-state index in [0.29, 0.717) is 11.7 Å². The highest BCUT2D eigenvalue weighted by molar-refractivity contribution is 7.98. The maximum Gasteiger partial charge on any atom is 0.298 e. The van der Waals surface area contributed by atoms with Gasteiger partial charge in [0.15, 0.2) is 5.58 Å². The first-order chi connectivity index (χ1) is 7.70. The van der Waals surface area contributed by atoms with Crippen molar-refractivity contribution in [3.63, 3.8) is 0 Å². The van der Waals surface area contributed by atoms with Gasteiger partial charge in [-0.1, -0.05) is 0 Å². The van der Waals surface area contributed by atoms with Crippen LogP contribution in [0.15, 0.2) is 22.6 Å². The average molecular weight is 237 g/mol. The normalized spacial score (nSPS) is 10.9. The number of aromatic nitrogens is 1. The van der Waals surface area contributed by atoms with Gasteiger partial charge in [0.1, 0.15) is 5.52 Å². The van der Waals surface area contributed by atoms with Crippen molar-refractivity contribution in [3.8, 4) is 0 Å². The Morgan fingerprint density at radius 1 is 1.50 bits per heavy atom. The Labute approximate surface area is 98.8 Å². The Morgan fingerprint density at radius 3 is 3.06 bits per heavy atom. The molecular formula is C11H15N3OS. The topological polar surface area (TPSA) is 55.3 Å². The lowest BCUT2D eigenvalue weighted by molar-refractivity contribution is 0.588. The standard InChI is InChI=1S/C11H15N3OS/c1-14(5-6-16-2)11-13-9-4-3-8(12)7-10(9)15-11/h3-4,7H,5-6,12H2,1-2H3. The van der Waals surface area contributed by atoms with Gasteiger partial charge in [-0.05, 0) is 18.4 Å². The molecule has 0 atom stereocenters. The van der Waals surface area contributed by atoms with Gasteiger partial charge in [-0.2, -0.15) is 16.7 Å². The first-order valence-corrected chi connectivity index (χ1v) is 6.46. The molecule has 1 aromatic heterocycles. The van der Waals surface area contributed by atoms with Crippen LogP contribution in [0, 0.1) is 0 Å². The predicted octanol–water partition coefficient (Wildman–Crippen LogP) is 2.21. The van der Waals surface area contributed by atoms with Gasteiger partial charge < -0.3 is 15.1 Å². The SMILES string of the molecule is CSCCN(C)c1nc2ccc(N)cc2o1. The van der Waals surface area contributed by atoms with E-state index in [1.807, 2.05) is 24.1 Å². The van der Waals surface area contributed by atoms with E-state index in [4.69, 9.17) is 10.2 Å². The fraction of sp³-hybridized carbons (Fsp3) is 0.364. The summed E-state index contributed by atoms with van der Waals surface area (Å²) >= 11 is 1.80. The Balaban J connectivity index is 2.25. The minimum atomic E-state index is 0.648. The molecule has 2 N–H and O–H groups in total. The average Bonchev–Trinajstić information content (AvgIpc) is 2.68. The summed E-state index contributed by atoms with van der Waals surface area (Å²) in [4.78, 5) is 6.41. The summed E-state index contributed by atoms with van der Waals surface area (Å²) in [6.07, 6.45) is 2.08. The van der Waals surface area contributed by atoms with Crippen molar-refractivity contribution in [3.05, 3.63) is 18.2 Å². The monoisotopic (exact) mass is 237 g/mol. The summed E-state index contributed by atoms with van der Waals surface area (Å²) in [6.45, 7) is 0.920. The van der Waals surface area contributed by atoms with E-state index in [-0.39, 0.29) is 0 Å². The van der Waals surface area contributed by atoms with Crippen molar-refractivity contribution in [2.75, 3.05) is 36.2 Å². The second kappa shape index (κ2) is 4.65. The van der Waals surface area contributed by atoms with E-state index in [9.17, 15) is 0 Å². The second-order valence-corrected chi connectivity index (χ2v) is 4.62. The van der Waals surface area contributed by atoms with Gasteiger partial charge in [-0.3, -0.25) is 0 Å². The number of rotatable bonds is 4. The van der Waals surface area contributed by atoms with Gasteiger partial charge in [-0.25, -0.2) is 0 Å². The summed E-state index contributed by atoms with van der Waals surface area (Å²) < 4.78 is 5.63. The van der Waals surface area contributed by atoms with Gasteiger partial charge in [0.25, 0.3) is 6.01 Å². The van der Waals surface area contributed by atoms with E-state index >= 15 is 0 Å². The summed E-state index contributed by atoms with van der Waals surface area (Å²) in [7, 11) is 1.98. The Morgan fingerprint density at radius 2 is 2.31 bits per heavy atom. The molecule has 0 bridgehead atoms. The van der Waals surface area contributed by atoms with Gasteiger partial charge in [0.2, 0.25) is 0 Å². The third-order valence-corrected chi connectivity index (χ3v) is 2.95. The van der Waals surface area contributed by atoms with Crippen LogP contribution >= 0.6 is 11.8 Å². The van der Waals surface area contributed by atoms with Crippen LogP contribution in [0.4, 0.5) is 11.7 Å². The molecule has 0 aliphatic rings. The Kier molecular flexibility index (Phi) is 3.24. The molecule has 0 unspecified atom stereocenters. The van der Waals surface area contributed by atoms with Crippen LogP contribution in [0.2, 0.25) is 0 Å². The molecule has 0 amide bonds. The smallest absolute Gasteiger partial charge is 0.298 e. The minimum absolute atomic E-state index is 0.648. The van der Waals surface area contributed by atoms with Crippen LogP contribution < -0.4 is 10.6 Å². The molecule has 86 valence electrons. The lowest BCUT2D eigenvalue weighted by Crippen LogP contribution is -2.20. The van der Waals surface area contributed by atoms with Gasteiger partial charge >= 0.3 is 0 Å². The molecule has 16 heavy (non-hydrogen) atoms. The molecule has 0 aliphatic heterocycles. The Hall–Kier alpha value is -1.36. The van der Waals surface area contributed by atoms with Crippen molar-refractivity contribution in [1.29, 1.82) is 0 Å². The molecule has 0 saturated heterocycles. The van der Waals surface area contributed by atoms with E-state index in [1.165, 1.54) is 0 Å². The number of anilines is 2. The third kappa shape index (κ3) is 2.24. The summed E-state index contributed by atoms with van der Waals surface area (Å²) in [6, 6.07) is 6.15. The number of hydrogen-bond donors (Lipinski definition) is 1. The van der Waals surface area contributed by atoms with Crippen molar-refractivity contribution in [2.45, 2.75) is 0 Å². The Bertz CT molecular complexity index is 483. The maximum atomic E-state index is 5.68. The third-order valence-electron chi connectivity index (χ3n) is 2.36. The minimum Gasteiger partial charge on any atom is -0.423 e. The summed E-state index contributed by atoms with van der Waals surface area (Å²) in [5, 5.41) is 0. The van der Waals surface area contributed by atoms with Crippen molar-refractivity contribution in [2.24, 2.45) is 0 Å². The van der Waals surface area contributed by atoms with Crippen LogP contribution in [0.1, 0.15) is 0 Å². The van der Waals surface area contributed by atoms with Crippen LogP contribution in [-0.2, 0) is 0 Å². The van der Waals surface area contributed by atoms with Crippen molar-refractivity contribution < 1.29 is 4.42 Å². The van der Waals surface area contributed by atoms with E-state index in [2.05, 4.69) is 11.2 Å². The molecule has 0 aliphatic carbocycles. The van der Waals surface area contributed by atoms with Crippen LogP contribution in [0.25, 0.3) is 11.1 Å². The van der Waals surface area contributed by atoms with Gasteiger partial charge in [0, 0.05) is 31.1 Å². The number of oxazole rings is 1. The molecule has 0 radical (unpaired) electrons.